The molecule has 1 aromatic carbocycles. The van der Waals surface area contributed by atoms with Gasteiger partial charge < -0.3 is 20.3 Å². The molecule has 0 aliphatic heterocycles. The minimum absolute atomic E-state index is 0.140. The number of benzene rings is 1. The Morgan fingerprint density at radius 1 is 1.40 bits per heavy atom. The average molecular weight is 349 g/mol. The Morgan fingerprint density at radius 2 is 2.08 bits per heavy atom. The van der Waals surface area contributed by atoms with Crippen LogP contribution in [0.3, 0.4) is 0 Å². The van der Waals surface area contributed by atoms with Gasteiger partial charge in [0.15, 0.2) is 0 Å². The van der Waals surface area contributed by atoms with E-state index >= 15 is 0 Å². The summed E-state index contributed by atoms with van der Waals surface area (Å²) in [6.07, 6.45) is 1.97. The van der Waals surface area contributed by atoms with Gasteiger partial charge in [-0.3, -0.25) is 9.59 Å². The van der Waals surface area contributed by atoms with Crippen molar-refractivity contribution < 1.29 is 19.1 Å². The molecular formula is C18H24FN3O3. The van der Waals surface area contributed by atoms with Gasteiger partial charge in [0.2, 0.25) is 11.8 Å². The van der Waals surface area contributed by atoms with Crippen LogP contribution < -0.4 is 5.32 Å². The Morgan fingerprint density at radius 3 is 2.68 bits per heavy atom. The maximum Gasteiger partial charge on any atom is 0.245 e. The van der Waals surface area contributed by atoms with Gasteiger partial charge in [0, 0.05) is 44.0 Å². The summed E-state index contributed by atoms with van der Waals surface area (Å²) in [5.41, 5.74) is 0.399. The molecule has 0 bridgehead atoms. The highest BCUT2D eigenvalue weighted by atomic mass is 19.1. The Bertz CT molecular complexity index is 779. The Kier molecular flexibility index (Phi) is 5.47. The van der Waals surface area contributed by atoms with E-state index in [-0.39, 0.29) is 30.6 Å². The van der Waals surface area contributed by atoms with Crippen LogP contribution in [-0.2, 0) is 16.0 Å². The van der Waals surface area contributed by atoms with Crippen LogP contribution in [0.4, 0.5) is 4.39 Å². The largest absolute Gasteiger partial charge is 0.389 e. The van der Waals surface area contributed by atoms with Crippen molar-refractivity contribution in [3.05, 3.63) is 35.8 Å². The van der Waals surface area contributed by atoms with Gasteiger partial charge in [-0.2, -0.15) is 0 Å². The van der Waals surface area contributed by atoms with Crippen LogP contribution in [-0.4, -0.2) is 52.0 Å². The zero-order valence-corrected chi connectivity index (χ0v) is 14.9. The first-order valence-electron chi connectivity index (χ1n) is 8.07. The van der Waals surface area contributed by atoms with E-state index in [1.165, 1.54) is 24.0 Å². The second-order valence-corrected chi connectivity index (χ2v) is 6.97. The molecule has 136 valence electrons. The summed E-state index contributed by atoms with van der Waals surface area (Å²) in [4.78, 5) is 28.6. The maximum absolute atomic E-state index is 13.3. The highest BCUT2D eigenvalue weighted by Gasteiger charge is 2.27. The molecule has 2 rings (SSSR count). The monoisotopic (exact) mass is 349 g/mol. The van der Waals surface area contributed by atoms with Gasteiger partial charge in [0.25, 0.3) is 0 Å². The molecule has 2 aromatic rings. The molecule has 0 aliphatic carbocycles. The fourth-order valence-corrected chi connectivity index (χ4v) is 2.92. The van der Waals surface area contributed by atoms with Crippen molar-refractivity contribution in [3.63, 3.8) is 0 Å². The summed E-state index contributed by atoms with van der Waals surface area (Å²) >= 11 is 0. The number of aromatic nitrogens is 1. The third-order valence-electron chi connectivity index (χ3n) is 3.83. The van der Waals surface area contributed by atoms with Crippen molar-refractivity contribution >= 4 is 22.7 Å². The lowest BCUT2D eigenvalue weighted by atomic mass is 10.0. The number of H-pyrrole nitrogens is 1. The van der Waals surface area contributed by atoms with E-state index in [0.717, 1.165) is 10.9 Å². The lowest BCUT2D eigenvalue weighted by Gasteiger charge is -2.29. The van der Waals surface area contributed by atoms with E-state index in [1.807, 2.05) is 0 Å². The highest BCUT2D eigenvalue weighted by molar-refractivity contribution is 5.89. The van der Waals surface area contributed by atoms with Gasteiger partial charge >= 0.3 is 0 Å². The number of fused-ring (bicyclic) bond motifs is 1. The molecule has 1 heterocycles. The van der Waals surface area contributed by atoms with Gasteiger partial charge in [-0.05, 0) is 37.6 Å². The molecule has 1 atom stereocenters. The van der Waals surface area contributed by atoms with E-state index in [4.69, 9.17) is 0 Å². The Labute approximate surface area is 146 Å². The number of nitrogens with one attached hydrogen (secondary N) is 2. The number of carbonyl (C=O) groups is 2. The zero-order valence-electron chi connectivity index (χ0n) is 14.9. The number of rotatable bonds is 6. The van der Waals surface area contributed by atoms with Crippen molar-refractivity contribution in [3.8, 4) is 0 Å². The van der Waals surface area contributed by atoms with Crippen molar-refractivity contribution in [2.45, 2.75) is 38.8 Å². The van der Waals surface area contributed by atoms with Crippen molar-refractivity contribution in [1.82, 2.24) is 15.2 Å². The second-order valence-electron chi connectivity index (χ2n) is 6.97. The summed E-state index contributed by atoms with van der Waals surface area (Å²) in [6.45, 7) is 4.71. The molecule has 7 heteroatoms. The zero-order chi connectivity index (χ0) is 18.8. The average Bonchev–Trinajstić information content (AvgIpc) is 2.85. The standard InChI is InChI=1S/C18H24FN3O3/c1-11(23)21-16(17(24)22(4)10-18(2,3)25)7-12-9-20-15-8-13(19)5-6-14(12)15/h5-6,8-9,16,20,25H,7,10H2,1-4H3,(H,21,23). The molecular weight excluding hydrogens is 325 g/mol. The summed E-state index contributed by atoms with van der Waals surface area (Å²) in [5.74, 6) is -0.963. The molecule has 6 nitrogen and oxygen atoms in total. The van der Waals surface area contributed by atoms with Crippen LogP contribution in [0.1, 0.15) is 26.3 Å². The molecule has 1 aromatic heterocycles. The second kappa shape index (κ2) is 7.23. The number of hydrogen-bond donors (Lipinski definition) is 3. The van der Waals surface area contributed by atoms with Crippen LogP contribution in [0.5, 0.6) is 0 Å². The lowest BCUT2D eigenvalue weighted by molar-refractivity contribution is -0.137. The lowest BCUT2D eigenvalue weighted by Crippen LogP contribution is -2.51. The van der Waals surface area contributed by atoms with E-state index < -0.39 is 11.6 Å². The van der Waals surface area contributed by atoms with Gasteiger partial charge in [-0.1, -0.05) is 0 Å². The predicted molar refractivity (Wildman–Crippen MR) is 93.5 cm³/mol. The van der Waals surface area contributed by atoms with Gasteiger partial charge in [-0.25, -0.2) is 4.39 Å². The third kappa shape index (κ3) is 5.03. The quantitative estimate of drug-likeness (QED) is 0.740. The third-order valence-corrected chi connectivity index (χ3v) is 3.83. The molecule has 3 N–H and O–H groups in total. The molecule has 0 fully saturated rings. The molecule has 0 spiro atoms. The first-order chi connectivity index (χ1) is 11.6. The Balaban J connectivity index is 2.24. The number of amides is 2. The summed E-state index contributed by atoms with van der Waals surface area (Å²) in [5, 5.41) is 13.4. The molecule has 1 unspecified atom stereocenters. The predicted octanol–water partition coefficient (Wildman–Crippen LogP) is 1.58. The number of likely N-dealkylation sites (N-methyl/N-ethyl adjacent to an activating group) is 1. The number of hydrogen-bond acceptors (Lipinski definition) is 3. The smallest absolute Gasteiger partial charge is 0.245 e. The topological polar surface area (TPSA) is 85.4 Å². The van der Waals surface area contributed by atoms with Gasteiger partial charge in [0.1, 0.15) is 11.9 Å². The van der Waals surface area contributed by atoms with E-state index in [2.05, 4.69) is 10.3 Å². The van der Waals surface area contributed by atoms with Crippen molar-refractivity contribution in [2.24, 2.45) is 0 Å². The molecule has 2 amide bonds. The summed E-state index contributed by atoms with van der Waals surface area (Å²) in [6, 6.07) is 3.62. The van der Waals surface area contributed by atoms with Crippen LogP contribution >= 0.6 is 0 Å². The first-order valence-corrected chi connectivity index (χ1v) is 8.07. The number of carbonyl (C=O) groups excluding carboxylic acids is 2. The molecule has 0 radical (unpaired) electrons. The minimum Gasteiger partial charge on any atom is -0.389 e. The van der Waals surface area contributed by atoms with Gasteiger partial charge in [-0.15, -0.1) is 0 Å². The maximum atomic E-state index is 13.3. The fraction of sp³-hybridized carbons (Fsp3) is 0.444. The number of halogens is 1. The fourth-order valence-electron chi connectivity index (χ4n) is 2.92. The van der Waals surface area contributed by atoms with E-state index in [0.29, 0.717) is 5.52 Å². The number of aromatic amines is 1. The number of nitrogens with zero attached hydrogens (tertiary/aromatic N) is 1. The Hall–Kier alpha value is -2.41. The highest BCUT2D eigenvalue weighted by Crippen LogP contribution is 2.21. The van der Waals surface area contributed by atoms with E-state index in [1.54, 1.807) is 33.2 Å². The van der Waals surface area contributed by atoms with Gasteiger partial charge in [0.05, 0.1) is 5.60 Å². The van der Waals surface area contributed by atoms with E-state index in [9.17, 15) is 19.1 Å². The van der Waals surface area contributed by atoms with Crippen LogP contribution in [0.25, 0.3) is 10.9 Å². The van der Waals surface area contributed by atoms with Crippen LogP contribution in [0.2, 0.25) is 0 Å². The SMILES string of the molecule is CC(=O)NC(Cc1c[nH]c2cc(F)ccc12)C(=O)N(C)CC(C)(C)O. The molecule has 0 saturated heterocycles. The van der Waals surface area contributed by atoms with Crippen LogP contribution in [0, 0.1) is 5.82 Å². The van der Waals surface area contributed by atoms with Crippen LogP contribution in [0.15, 0.2) is 24.4 Å². The summed E-state index contributed by atoms with van der Waals surface area (Å²) in [7, 11) is 1.58. The molecule has 0 aliphatic rings. The molecule has 25 heavy (non-hydrogen) atoms. The number of aliphatic hydroxyl groups is 1. The minimum atomic E-state index is -1.04. The summed E-state index contributed by atoms with van der Waals surface area (Å²) < 4.78 is 13.3. The first kappa shape index (κ1) is 18.9. The normalized spacial score (nSPS) is 12.9. The van der Waals surface area contributed by atoms with Crippen molar-refractivity contribution in [1.29, 1.82) is 0 Å². The molecule has 0 saturated carbocycles. The van der Waals surface area contributed by atoms with Crippen molar-refractivity contribution in [2.75, 3.05) is 13.6 Å².